The molecule has 0 aliphatic heterocycles. The molecule has 10 heteroatoms. The number of nitrogens with zero attached hydrogens (tertiary/aromatic N) is 1. The molecule has 2 unspecified atom stereocenters. The molecule has 0 aromatic rings. The standard InChI is InChI=1S/C80H156NO8P/c1-6-8-10-12-14-16-18-20-22-24-26-28-30-32-34-36-38-40-42-44-46-48-50-52-54-56-58-60-62-64-66-68-70-72-79(82)86-76-78(77-88-90(84,85)87-75-74-81(3,4)5)89-80(83)73-71-69-67-65-63-61-59-57-55-53-51-49-47-45-43-41-39-37-35-33-31-29-27-25-23-21-19-17-15-13-11-9-7-2/h19,21,25,27,78H,6-18,20,22-24,26,28-77H2,1-5H3/b21-19-,27-25-. The quantitative estimate of drug-likeness (QED) is 0.0195. The molecule has 0 saturated carbocycles. The highest BCUT2D eigenvalue weighted by atomic mass is 31.2. The summed E-state index contributed by atoms with van der Waals surface area (Å²) in [5.74, 6) is -0.805. The first-order valence-corrected chi connectivity index (χ1v) is 41.5. The molecule has 0 fully saturated rings. The van der Waals surface area contributed by atoms with E-state index in [1.54, 1.807) is 0 Å². The van der Waals surface area contributed by atoms with Gasteiger partial charge >= 0.3 is 11.9 Å². The van der Waals surface area contributed by atoms with Gasteiger partial charge in [0, 0.05) is 12.8 Å². The average molecular weight is 1290 g/mol. The summed E-state index contributed by atoms with van der Waals surface area (Å²) < 4.78 is 34.4. The fourth-order valence-electron chi connectivity index (χ4n) is 12.3. The summed E-state index contributed by atoms with van der Waals surface area (Å²) in [5, 5.41) is 0. The topological polar surface area (TPSA) is 111 Å². The van der Waals surface area contributed by atoms with Crippen molar-refractivity contribution in [2.75, 3.05) is 47.5 Å². The van der Waals surface area contributed by atoms with Crippen molar-refractivity contribution in [2.45, 2.75) is 431 Å². The van der Waals surface area contributed by atoms with E-state index in [4.69, 9.17) is 18.5 Å². The number of esters is 2. The zero-order chi connectivity index (χ0) is 65.5. The largest absolute Gasteiger partial charge is 0.756 e. The summed E-state index contributed by atoms with van der Waals surface area (Å²) in [4.78, 5) is 38.2. The van der Waals surface area contributed by atoms with Crippen molar-refractivity contribution in [1.82, 2.24) is 0 Å². The summed E-state index contributed by atoms with van der Waals surface area (Å²) in [5.41, 5.74) is 0. The van der Waals surface area contributed by atoms with Crippen molar-refractivity contribution >= 4 is 19.8 Å². The molecule has 534 valence electrons. The number of carbonyl (C=O) groups excluding carboxylic acids is 2. The monoisotopic (exact) mass is 1290 g/mol. The summed E-state index contributed by atoms with van der Waals surface area (Å²) in [6.07, 6.45) is 91.7. The molecule has 0 aromatic heterocycles. The van der Waals surface area contributed by atoms with Gasteiger partial charge in [0.2, 0.25) is 0 Å². The smallest absolute Gasteiger partial charge is 0.306 e. The Morgan fingerprint density at radius 3 is 0.878 bits per heavy atom. The normalized spacial score (nSPS) is 13.1. The summed E-state index contributed by atoms with van der Waals surface area (Å²) >= 11 is 0. The number of hydrogen-bond donors (Lipinski definition) is 0. The second-order valence-corrected chi connectivity index (χ2v) is 30.2. The van der Waals surface area contributed by atoms with Gasteiger partial charge in [-0.05, 0) is 44.9 Å². The predicted octanol–water partition coefficient (Wildman–Crippen LogP) is 25.8. The van der Waals surface area contributed by atoms with Crippen molar-refractivity contribution in [3.05, 3.63) is 24.3 Å². The van der Waals surface area contributed by atoms with E-state index in [0.717, 1.165) is 38.5 Å². The fraction of sp³-hybridized carbons (Fsp3) is 0.925. The molecule has 0 N–H and O–H groups in total. The second-order valence-electron chi connectivity index (χ2n) is 28.8. The number of carbonyl (C=O) groups is 2. The molecular weight excluding hydrogens is 1130 g/mol. The van der Waals surface area contributed by atoms with Crippen LogP contribution in [0.3, 0.4) is 0 Å². The van der Waals surface area contributed by atoms with Crippen molar-refractivity contribution in [3.8, 4) is 0 Å². The van der Waals surface area contributed by atoms with E-state index in [-0.39, 0.29) is 32.0 Å². The third-order valence-corrected chi connectivity index (χ3v) is 19.4. The van der Waals surface area contributed by atoms with Crippen molar-refractivity contribution in [3.63, 3.8) is 0 Å². The summed E-state index contributed by atoms with van der Waals surface area (Å²) in [7, 11) is 1.19. The molecule has 0 rings (SSSR count). The van der Waals surface area contributed by atoms with Gasteiger partial charge in [-0.2, -0.15) is 0 Å². The minimum atomic E-state index is -4.64. The van der Waals surface area contributed by atoms with Gasteiger partial charge in [-0.25, -0.2) is 0 Å². The SMILES string of the molecule is CCCCCCC/C=C\C/C=C\CCCCCCCCCCCCCCCCCCCCCCCC(=O)OC(COC(=O)CCCCCCCCCCCCCCCCCCCCCCCCCCCCCCCCCCC)COP(=O)([O-])OCC[N+](C)(C)C. The zero-order valence-electron chi connectivity index (χ0n) is 61.1. The molecule has 0 aliphatic carbocycles. The van der Waals surface area contributed by atoms with E-state index in [9.17, 15) is 19.0 Å². The summed E-state index contributed by atoms with van der Waals surface area (Å²) in [6, 6.07) is 0. The zero-order valence-corrected chi connectivity index (χ0v) is 62.0. The van der Waals surface area contributed by atoms with Crippen molar-refractivity contribution < 1.29 is 42.1 Å². The molecule has 0 aliphatic rings. The maximum absolute atomic E-state index is 12.9. The number of phosphoric ester groups is 1. The number of ether oxygens (including phenoxy) is 2. The van der Waals surface area contributed by atoms with Crippen LogP contribution in [0.5, 0.6) is 0 Å². The Morgan fingerprint density at radius 2 is 0.600 bits per heavy atom. The van der Waals surface area contributed by atoms with Crippen LogP contribution in [0.1, 0.15) is 425 Å². The highest BCUT2D eigenvalue weighted by Gasteiger charge is 2.22. The van der Waals surface area contributed by atoms with Gasteiger partial charge < -0.3 is 27.9 Å². The first kappa shape index (κ1) is 88.5. The maximum atomic E-state index is 12.9. The van der Waals surface area contributed by atoms with Crippen LogP contribution in [-0.2, 0) is 32.7 Å². The third kappa shape index (κ3) is 75.5. The number of rotatable bonds is 76. The van der Waals surface area contributed by atoms with Crippen LogP contribution in [0.15, 0.2) is 24.3 Å². The molecular formula is C80H156NO8P. The lowest BCUT2D eigenvalue weighted by Crippen LogP contribution is -2.37. The number of quaternary nitrogens is 1. The maximum Gasteiger partial charge on any atom is 0.306 e. The molecule has 0 aromatic carbocycles. The van der Waals surface area contributed by atoms with Crippen LogP contribution in [0.4, 0.5) is 0 Å². The Bertz CT molecular complexity index is 1560. The fourth-order valence-corrected chi connectivity index (χ4v) is 13.1. The lowest BCUT2D eigenvalue weighted by atomic mass is 10.0. The van der Waals surface area contributed by atoms with E-state index < -0.39 is 26.5 Å². The van der Waals surface area contributed by atoms with E-state index in [1.165, 1.54) is 353 Å². The van der Waals surface area contributed by atoms with Crippen molar-refractivity contribution in [2.24, 2.45) is 0 Å². The van der Waals surface area contributed by atoms with Gasteiger partial charge in [0.05, 0.1) is 27.7 Å². The molecule has 0 radical (unpaired) electrons. The van der Waals surface area contributed by atoms with Gasteiger partial charge in [0.25, 0.3) is 7.82 Å². The van der Waals surface area contributed by atoms with Crippen molar-refractivity contribution in [1.29, 1.82) is 0 Å². The number of phosphoric acid groups is 1. The predicted molar refractivity (Wildman–Crippen MR) is 388 cm³/mol. The Kier molecular flexibility index (Phi) is 70.6. The lowest BCUT2D eigenvalue weighted by molar-refractivity contribution is -0.870. The van der Waals surface area contributed by atoms with E-state index >= 15 is 0 Å². The number of allylic oxidation sites excluding steroid dienone is 4. The highest BCUT2D eigenvalue weighted by molar-refractivity contribution is 7.45. The minimum absolute atomic E-state index is 0.0264. The number of unbranched alkanes of at least 4 members (excludes halogenated alkanes) is 58. The Morgan fingerprint density at radius 1 is 0.344 bits per heavy atom. The van der Waals surface area contributed by atoms with E-state index in [0.29, 0.717) is 17.4 Å². The Labute approximate surface area is 561 Å². The van der Waals surface area contributed by atoms with Crippen LogP contribution in [0.2, 0.25) is 0 Å². The second kappa shape index (κ2) is 71.8. The van der Waals surface area contributed by atoms with Gasteiger partial charge in [0.15, 0.2) is 6.10 Å². The minimum Gasteiger partial charge on any atom is -0.756 e. The molecule has 0 amide bonds. The third-order valence-electron chi connectivity index (χ3n) is 18.5. The van der Waals surface area contributed by atoms with E-state index in [1.807, 2.05) is 21.1 Å². The first-order chi connectivity index (χ1) is 44.0. The van der Waals surface area contributed by atoms with Crippen LogP contribution >= 0.6 is 7.82 Å². The van der Waals surface area contributed by atoms with Gasteiger partial charge in [-0.3, -0.25) is 14.2 Å². The average Bonchev–Trinajstić information content (AvgIpc) is 3.58. The van der Waals surface area contributed by atoms with Crippen LogP contribution < -0.4 is 4.89 Å². The summed E-state index contributed by atoms with van der Waals surface area (Å²) in [6.45, 7) is 4.32. The highest BCUT2D eigenvalue weighted by Crippen LogP contribution is 2.38. The van der Waals surface area contributed by atoms with Gasteiger partial charge in [-0.1, -0.05) is 391 Å². The molecule has 0 spiro atoms. The molecule has 0 heterocycles. The Balaban J connectivity index is 3.90. The van der Waals surface area contributed by atoms with Gasteiger partial charge in [0.1, 0.15) is 19.8 Å². The van der Waals surface area contributed by atoms with Gasteiger partial charge in [-0.15, -0.1) is 0 Å². The Hall–Kier alpha value is -1.51. The molecule has 9 nitrogen and oxygen atoms in total. The molecule has 90 heavy (non-hydrogen) atoms. The molecule has 2 atom stereocenters. The number of likely N-dealkylation sites (N-methyl/N-ethyl adjacent to an activating group) is 1. The lowest BCUT2D eigenvalue weighted by Gasteiger charge is -2.28. The first-order valence-electron chi connectivity index (χ1n) is 40.0. The van der Waals surface area contributed by atoms with E-state index in [2.05, 4.69) is 38.2 Å². The molecule has 0 saturated heterocycles. The molecule has 0 bridgehead atoms. The van der Waals surface area contributed by atoms with Crippen LogP contribution in [0.25, 0.3) is 0 Å². The van der Waals surface area contributed by atoms with Crippen LogP contribution in [0, 0.1) is 0 Å². The van der Waals surface area contributed by atoms with Crippen LogP contribution in [-0.4, -0.2) is 70.0 Å². The number of hydrogen-bond acceptors (Lipinski definition) is 8.